The molecule has 1 N–H and O–H groups in total. The third-order valence-corrected chi connectivity index (χ3v) is 6.31. The zero-order chi connectivity index (χ0) is 23.7. The summed E-state index contributed by atoms with van der Waals surface area (Å²) in [5.74, 6) is 0.230. The molecule has 6 heteroatoms. The van der Waals surface area contributed by atoms with Crippen molar-refractivity contribution in [3.63, 3.8) is 0 Å². The molecule has 32 heavy (non-hydrogen) atoms. The summed E-state index contributed by atoms with van der Waals surface area (Å²) in [7, 11) is 0. The van der Waals surface area contributed by atoms with Gasteiger partial charge in [-0.15, -0.1) is 0 Å². The van der Waals surface area contributed by atoms with E-state index in [0.29, 0.717) is 47.3 Å². The molecule has 1 atom stereocenters. The van der Waals surface area contributed by atoms with Crippen LogP contribution in [0.4, 0.5) is 0 Å². The highest BCUT2D eigenvalue weighted by atomic mass is 35.5. The molecule has 0 aliphatic rings. The van der Waals surface area contributed by atoms with Crippen molar-refractivity contribution >= 4 is 35.0 Å². The largest absolute Gasteiger partial charge is 0.354 e. The Morgan fingerprint density at radius 3 is 2.16 bits per heavy atom. The highest BCUT2D eigenvalue weighted by Gasteiger charge is 2.29. The van der Waals surface area contributed by atoms with Gasteiger partial charge in [-0.1, -0.05) is 81.2 Å². The summed E-state index contributed by atoms with van der Waals surface area (Å²) in [6.45, 7) is 9.00. The van der Waals surface area contributed by atoms with Crippen LogP contribution in [-0.2, 0) is 22.6 Å². The lowest BCUT2D eigenvalue weighted by Crippen LogP contribution is -2.49. The molecule has 2 aromatic carbocycles. The summed E-state index contributed by atoms with van der Waals surface area (Å²) in [4.78, 5) is 27.8. The van der Waals surface area contributed by atoms with Crippen molar-refractivity contribution in [1.29, 1.82) is 0 Å². The second kappa shape index (κ2) is 12.9. The molecule has 0 spiro atoms. The van der Waals surface area contributed by atoms with Gasteiger partial charge in [0, 0.05) is 35.1 Å². The zero-order valence-electron chi connectivity index (χ0n) is 19.5. The van der Waals surface area contributed by atoms with E-state index in [0.717, 1.165) is 12.0 Å². The molecule has 174 valence electrons. The number of benzene rings is 2. The standard InChI is InChI=1S/C26H34Cl2N2O2/c1-5-16-29-26(32)24(6-2)30(17-21-22(27)8-7-9-23(21)28)25(31)15-12-19-10-13-20(14-11-19)18(3)4/h7-11,13-14,18,24H,5-6,12,15-17H2,1-4H3,(H,29,32). The molecule has 0 fully saturated rings. The van der Waals surface area contributed by atoms with E-state index in [1.54, 1.807) is 23.1 Å². The molecular formula is C26H34Cl2N2O2. The van der Waals surface area contributed by atoms with E-state index < -0.39 is 6.04 Å². The molecule has 0 aliphatic carbocycles. The Hall–Kier alpha value is -2.04. The highest BCUT2D eigenvalue weighted by Crippen LogP contribution is 2.27. The minimum absolute atomic E-state index is 0.0904. The fourth-order valence-electron chi connectivity index (χ4n) is 3.60. The van der Waals surface area contributed by atoms with Gasteiger partial charge < -0.3 is 10.2 Å². The third-order valence-electron chi connectivity index (χ3n) is 5.60. The van der Waals surface area contributed by atoms with Gasteiger partial charge in [0.15, 0.2) is 0 Å². The molecule has 0 saturated heterocycles. The van der Waals surface area contributed by atoms with Crippen molar-refractivity contribution in [2.45, 2.75) is 71.9 Å². The fraction of sp³-hybridized carbons (Fsp3) is 0.462. The summed E-state index contributed by atoms with van der Waals surface area (Å²) in [6, 6.07) is 13.1. The first kappa shape index (κ1) is 26.2. The minimum atomic E-state index is -0.579. The van der Waals surface area contributed by atoms with Crippen LogP contribution in [-0.4, -0.2) is 29.3 Å². The Labute approximate surface area is 202 Å². The smallest absolute Gasteiger partial charge is 0.242 e. The van der Waals surface area contributed by atoms with E-state index in [1.165, 1.54) is 5.56 Å². The van der Waals surface area contributed by atoms with Crippen LogP contribution >= 0.6 is 23.2 Å². The van der Waals surface area contributed by atoms with Gasteiger partial charge in [0.25, 0.3) is 0 Å². The quantitative estimate of drug-likeness (QED) is 0.408. The van der Waals surface area contributed by atoms with Crippen LogP contribution in [0.1, 0.15) is 69.6 Å². The number of amides is 2. The van der Waals surface area contributed by atoms with Crippen molar-refractivity contribution < 1.29 is 9.59 Å². The molecule has 2 amide bonds. The van der Waals surface area contributed by atoms with Gasteiger partial charge in [0.05, 0.1) is 0 Å². The number of hydrogen-bond acceptors (Lipinski definition) is 2. The van der Waals surface area contributed by atoms with Crippen LogP contribution in [0.5, 0.6) is 0 Å². The zero-order valence-corrected chi connectivity index (χ0v) is 21.0. The Bertz CT molecular complexity index is 877. The second-order valence-electron chi connectivity index (χ2n) is 8.33. The molecule has 4 nitrogen and oxygen atoms in total. The topological polar surface area (TPSA) is 49.4 Å². The SMILES string of the molecule is CCCNC(=O)C(CC)N(Cc1c(Cl)cccc1Cl)C(=O)CCc1ccc(C(C)C)cc1. The van der Waals surface area contributed by atoms with E-state index in [2.05, 4.69) is 43.4 Å². The van der Waals surface area contributed by atoms with Crippen LogP contribution in [0, 0.1) is 0 Å². The lowest BCUT2D eigenvalue weighted by Gasteiger charge is -2.31. The minimum Gasteiger partial charge on any atom is -0.354 e. The predicted molar refractivity (Wildman–Crippen MR) is 133 cm³/mol. The first-order valence-electron chi connectivity index (χ1n) is 11.4. The number of nitrogens with zero attached hydrogens (tertiary/aromatic N) is 1. The molecule has 0 aromatic heterocycles. The molecular weight excluding hydrogens is 443 g/mol. The van der Waals surface area contributed by atoms with Crippen LogP contribution < -0.4 is 5.32 Å². The number of nitrogens with one attached hydrogen (secondary N) is 1. The van der Waals surface area contributed by atoms with Gasteiger partial charge in [-0.2, -0.15) is 0 Å². The van der Waals surface area contributed by atoms with Gasteiger partial charge >= 0.3 is 0 Å². The molecule has 0 radical (unpaired) electrons. The predicted octanol–water partition coefficient (Wildman–Crippen LogP) is 6.38. The molecule has 2 rings (SSSR count). The number of carbonyl (C=O) groups excluding carboxylic acids is 2. The Balaban J connectivity index is 2.23. The summed E-state index contributed by atoms with van der Waals surface area (Å²) in [5.41, 5.74) is 3.03. The van der Waals surface area contributed by atoms with Crippen molar-refractivity contribution in [3.05, 3.63) is 69.2 Å². The lowest BCUT2D eigenvalue weighted by molar-refractivity contribution is -0.141. The Kier molecular flexibility index (Phi) is 10.5. The average Bonchev–Trinajstić information content (AvgIpc) is 2.78. The molecule has 0 bridgehead atoms. The maximum Gasteiger partial charge on any atom is 0.242 e. The molecule has 0 aliphatic heterocycles. The maximum atomic E-state index is 13.4. The van der Waals surface area contributed by atoms with Crippen molar-refractivity contribution in [1.82, 2.24) is 10.2 Å². The first-order chi connectivity index (χ1) is 15.3. The summed E-state index contributed by atoms with van der Waals surface area (Å²) >= 11 is 12.8. The monoisotopic (exact) mass is 476 g/mol. The summed E-state index contributed by atoms with van der Waals surface area (Å²) in [5, 5.41) is 3.90. The summed E-state index contributed by atoms with van der Waals surface area (Å²) in [6.07, 6.45) is 2.25. The molecule has 0 heterocycles. The van der Waals surface area contributed by atoms with Gasteiger partial charge in [-0.3, -0.25) is 9.59 Å². The maximum absolute atomic E-state index is 13.4. The van der Waals surface area contributed by atoms with Crippen molar-refractivity contribution in [2.75, 3.05) is 6.54 Å². The molecule has 1 unspecified atom stereocenters. The van der Waals surface area contributed by atoms with Crippen molar-refractivity contribution in [3.8, 4) is 0 Å². The highest BCUT2D eigenvalue weighted by molar-refractivity contribution is 6.36. The lowest BCUT2D eigenvalue weighted by atomic mass is 10.00. The van der Waals surface area contributed by atoms with Gasteiger partial charge in [-0.05, 0) is 48.4 Å². The molecule has 2 aromatic rings. The van der Waals surface area contributed by atoms with Gasteiger partial charge in [0.2, 0.25) is 11.8 Å². The number of rotatable bonds is 11. The Morgan fingerprint density at radius 1 is 1.00 bits per heavy atom. The fourth-order valence-corrected chi connectivity index (χ4v) is 4.12. The van der Waals surface area contributed by atoms with Crippen LogP contribution in [0.3, 0.4) is 0 Å². The van der Waals surface area contributed by atoms with E-state index in [1.807, 2.05) is 13.8 Å². The van der Waals surface area contributed by atoms with E-state index in [9.17, 15) is 9.59 Å². The van der Waals surface area contributed by atoms with E-state index >= 15 is 0 Å². The van der Waals surface area contributed by atoms with Crippen molar-refractivity contribution in [2.24, 2.45) is 0 Å². The number of halogens is 2. The van der Waals surface area contributed by atoms with Gasteiger partial charge in [0.1, 0.15) is 6.04 Å². The average molecular weight is 477 g/mol. The normalized spacial score (nSPS) is 12.0. The second-order valence-corrected chi connectivity index (χ2v) is 9.15. The number of carbonyl (C=O) groups is 2. The van der Waals surface area contributed by atoms with Crippen LogP contribution in [0.25, 0.3) is 0 Å². The summed E-state index contributed by atoms with van der Waals surface area (Å²) < 4.78 is 0. The molecule has 0 saturated carbocycles. The van der Waals surface area contributed by atoms with E-state index in [4.69, 9.17) is 23.2 Å². The first-order valence-corrected chi connectivity index (χ1v) is 12.1. The van der Waals surface area contributed by atoms with Crippen LogP contribution in [0.2, 0.25) is 10.0 Å². The van der Waals surface area contributed by atoms with Gasteiger partial charge in [-0.25, -0.2) is 0 Å². The number of aryl methyl sites for hydroxylation is 1. The van der Waals surface area contributed by atoms with E-state index in [-0.39, 0.29) is 18.4 Å². The van der Waals surface area contributed by atoms with Crippen LogP contribution in [0.15, 0.2) is 42.5 Å². The Morgan fingerprint density at radius 2 is 1.62 bits per heavy atom. The third kappa shape index (κ3) is 7.25. The number of hydrogen-bond donors (Lipinski definition) is 1.